The third-order valence-electron chi connectivity index (χ3n) is 3.60. The van der Waals surface area contributed by atoms with Crippen LogP contribution in [0, 0.1) is 6.92 Å². The SMILES string of the molecule is CCCCN(CC1CCCN1)c1ccc(C)cn1. The monoisotopic (exact) mass is 247 g/mol. The minimum atomic E-state index is 0.643. The number of hydrogen-bond acceptors (Lipinski definition) is 3. The van der Waals surface area contributed by atoms with Crippen molar-refractivity contribution in [3.63, 3.8) is 0 Å². The molecule has 0 spiro atoms. The number of rotatable bonds is 6. The van der Waals surface area contributed by atoms with Crippen LogP contribution in [0.5, 0.6) is 0 Å². The number of aryl methyl sites for hydroxylation is 1. The Bertz CT molecular complexity index is 341. The van der Waals surface area contributed by atoms with Gasteiger partial charge in [0.2, 0.25) is 0 Å². The highest BCUT2D eigenvalue weighted by molar-refractivity contribution is 5.39. The number of hydrogen-bond donors (Lipinski definition) is 1. The average molecular weight is 247 g/mol. The van der Waals surface area contributed by atoms with Crippen LogP contribution < -0.4 is 10.2 Å². The van der Waals surface area contributed by atoms with Crippen molar-refractivity contribution >= 4 is 5.82 Å². The maximum atomic E-state index is 4.57. The molecule has 1 saturated heterocycles. The van der Waals surface area contributed by atoms with E-state index in [0.29, 0.717) is 6.04 Å². The molecule has 0 aromatic carbocycles. The van der Waals surface area contributed by atoms with Crippen LogP contribution in [-0.4, -0.2) is 30.7 Å². The summed E-state index contributed by atoms with van der Waals surface area (Å²) in [6, 6.07) is 4.95. The van der Waals surface area contributed by atoms with E-state index in [2.05, 4.69) is 41.2 Å². The maximum Gasteiger partial charge on any atom is 0.128 e. The molecule has 0 saturated carbocycles. The molecule has 100 valence electrons. The zero-order chi connectivity index (χ0) is 12.8. The van der Waals surface area contributed by atoms with Crippen molar-refractivity contribution in [1.29, 1.82) is 0 Å². The minimum Gasteiger partial charge on any atom is -0.355 e. The van der Waals surface area contributed by atoms with E-state index in [1.54, 1.807) is 0 Å². The molecule has 3 nitrogen and oxygen atoms in total. The smallest absolute Gasteiger partial charge is 0.128 e. The van der Waals surface area contributed by atoms with Gasteiger partial charge in [-0.15, -0.1) is 0 Å². The molecule has 3 heteroatoms. The van der Waals surface area contributed by atoms with Gasteiger partial charge in [0.15, 0.2) is 0 Å². The molecule has 18 heavy (non-hydrogen) atoms. The van der Waals surface area contributed by atoms with Gasteiger partial charge in [-0.3, -0.25) is 0 Å². The number of nitrogens with one attached hydrogen (secondary N) is 1. The fourth-order valence-corrected chi connectivity index (χ4v) is 2.47. The molecule has 1 aliphatic rings. The van der Waals surface area contributed by atoms with Gasteiger partial charge in [-0.25, -0.2) is 4.98 Å². The van der Waals surface area contributed by atoms with Gasteiger partial charge in [0.05, 0.1) is 0 Å². The largest absolute Gasteiger partial charge is 0.355 e. The summed E-state index contributed by atoms with van der Waals surface area (Å²) in [6.45, 7) is 7.72. The van der Waals surface area contributed by atoms with Gasteiger partial charge >= 0.3 is 0 Å². The predicted octanol–water partition coefficient (Wildman–Crippen LogP) is 2.75. The number of nitrogens with zero attached hydrogens (tertiary/aromatic N) is 2. The Morgan fingerprint density at radius 1 is 1.44 bits per heavy atom. The van der Waals surface area contributed by atoms with Crippen molar-refractivity contribution < 1.29 is 0 Å². The lowest BCUT2D eigenvalue weighted by Crippen LogP contribution is -2.38. The molecule has 1 aliphatic heterocycles. The van der Waals surface area contributed by atoms with Crippen LogP contribution in [0.25, 0.3) is 0 Å². The fraction of sp³-hybridized carbons (Fsp3) is 0.667. The number of aromatic nitrogens is 1. The molecule has 1 atom stereocenters. The third-order valence-corrected chi connectivity index (χ3v) is 3.60. The molecule has 1 N–H and O–H groups in total. The molecule has 1 aromatic rings. The van der Waals surface area contributed by atoms with Crippen molar-refractivity contribution in [2.24, 2.45) is 0 Å². The Morgan fingerprint density at radius 2 is 2.33 bits per heavy atom. The quantitative estimate of drug-likeness (QED) is 0.838. The summed E-state index contributed by atoms with van der Waals surface area (Å²) in [6.07, 6.45) is 7.06. The van der Waals surface area contributed by atoms with Gasteiger partial charge in [-0.2, -0.15) is 0 Å². The van der Waals surface area contributed by atoms with Crippen LogP contribution >= 0.6 is 0 Å². The molecule has 1 fully saturated rings. The molecule has 1 aromatic heterocycles. The highest BCUT2D eigenvalue weighted by atomic mass is 15.2. The third kappa shape index (κ3) is 3.70. The zero-order valence-corrected chi connectivity index (χ0v) is 11.7. The van der Waals surface area contributed by atoms with E-state index in [0.717, 1.165) is 18.9 Å². The summed E-state index contributed by atoms with van der Waals surface area (Å²) >= 11 is 0. The molecule has 0 aliphatic carbocycles. The van der Waals surface area contributed by atoms with Crippen LogP contribution in [0.15, 0.2) is 18.3 Å². The van der Waals surface area contributed by atoms with Crippen molar-refractivity contribution in [1.82, 2.24) is 10.3 Å². The maximum absolute atomic E-state index is 4.57. The summed E-state index contributed by atoms with van der Waals surface area (Å²) in [7, 11) is 0. The number of pyridine rings is 1. The Kier molecular flexibility index (Phi) is 5.00. The summed E-state index contributed by atoms with van der Waals surface area (Å²) in [5.41, 5.74) is 1.23. The van der Waals surface area contributed by atoms with Crippen molar-refractivity contribution in [3.8, 4) is 0 Å². The van der Waals surface area contributed by atoms with Gasteiger partial charge in [0.1, 0.15) is 5.82 Å². The molecule has 0 bridgehead atoms. The molecule has 2 rings (SSSR count). The first-order valence-corrected chi connectivity index (χ1v) is 7.20. The topological polar surface area (TPSA) is 28.2 Å². The summed E-state index contributed by atoms with van der Waals surface area (Å²) in [5.74, 6) is 1.13. The average Bonchev–Trinajstić information content (AvgIpc) is 2.88. The summed E-state index contributed by atoms with van der Waals surface area (Å²) in [4.78, 5) is 7.01. The normalized spacial score (nSPS) is 19.1. The predicted molar refractivity (Wildman–Crippen MR) is 77.1 cm³/mol. The van der Waals surface area contributed by atoms with E-state index in [9.17, 15) is 0 Å². The van der Waals surface area contributed by atoms with Crippen molar-refractivity contribution in [2.45, 2.75) is 45.6 Å². The lowest BCUT2D eigenvalue weighted by Gasteiger charge is -2.27. The molecule has 2 heterocycles. The van der Waals surface area contributed by atoms with E-state index in [1.807, 2.05) is 6.20 Å². The Balaban J connectivity index is 2.00. The first kappa shape index (κ1) is 13.3. The van der Waals surface area contributed by atoms with Crippen LogP contribution in [0.4, 0.5) is 5.82 Å². The highest BCUT2D eigenvalue weighted by Crippen LogP contribution is 2.15. The van der Waals surface area contributed by atoms with Crippen LogP contribution in [0.3, 0.4) is 0 Å². The van der Waals surface area contributed by atoms with E-state index >= 15 is 0 Å². The molecule has 1 unspecified atom stereocenters. The van der Waals surface area contributed by atoms with E-state index in [4.69, 9.17) is 0 Å². The first-order valence-electron chi connectivity index (χ1n) is 7.20. The van der Waals surface area contributed by atoms with Gasteiger partial charge < -0.3 is 10.2 Å². The molecular formula is C15H25N3. The first-order chi connectivity index (χ1) is 8.79. The highest BCUT2D eigenvalue weighted by Gasteiger charge is 2.18. The Hall–Kier alpha value is -1.09. The minimum absolute atomic E-state index is 0.643. The van der Waals surface area contributed by atoms with Gasteiger partial charge in [0, 0.05) is 25.3 Å². The molecule has 0 radical (unpaired) electrons. The van der Waals surface area contributed by atoms with Crippen molar-refractivity contribution in [2.75, 3.05) is 24.5 Å². The lowest BCUT2D eigenvalue weighted by atomic mass is 10.2. The van der Waals surface area contributed by atoms with E-state index in [1.165, 1.54) is 37.8 Å². The summed E-state index contributed by atoms with van der Waals surface area (Å²) < 4.78 is 0. The van der Waals surface area contributed by atoms with Crippen LogP contribution in [0.1, 0.15) is 38.2 Å². The van der Waals surface area contributed by atoms with Crippen molar-refractivity contribution in [3.05, 3.63) is 23.9 Å². The van der Waals surface area contributed by atoms with Crippen LogP contribution in [-0.2, 0) is 0 Å². The molecule has 0 amide bonds. The fourth-order valence-electron chi connectivity index (χ4n) is 2.47. The second kappa shape index (κ2) is 6.74. The number of anilines is 1. The van der Waals surface area contributed by atoms with Gasteiger partial charge in [-0.1, -0.05) is 19.4 Å². The Morgan fingerprint density at radius 3 is 2.94 bits per heavy atom. The zero-order valence-electron chi connectivity index (χ0n) is 11.7. The Labute approximate surface area is 111 Å². The molecular weight excluding hydrogens is 222 g/mol. The lowest BCUT2D eigenvalue weighted by molar-refractivity contribution is 0.569. The second-order valence-electron chi connectivity index (χ2n) is 5.29. The number of unbranched alkanes of at least 4 members (excludes halogenated alkanes) is 1. The van der Waals surface area contributed by atoms with Gasteiger partial charge in [-0.05, 0) is 44.4 Å². The van der Waals surface area contributed by atoms with Gasteiger partial charge in [0.25, 0.3) is 0 Å². The van der Waals surface area contributed by atoms with E-state index in [-0.39, 0.29) is 0 Å². The van der Waals surface area contributed by atoms with Crippen LogP contribution in [0.2, 0.25) is 0 Å². The second-order valence-corrected chi connectivity index (χ2v) is 5.29. The van der Waals surface area contributed by atoms with E-state index < -0.39 is 0 Å². The summed E-state index contributed by atoms with van der Waals surface area (Å²) in [5, 5.41) is 3.58. The standard InChI is InChI=1S/C15H25N3/c1-3-4-10-18(12-14-6-5-9-16-14)15-8-7-13(2)11-17-15/h7-8,11,14,16H,3-6,9-10,12H2,1-2H3.